The van der Waals surface area contributed by atoms with Crippen LogP contribution in [0, 0.1) is 0 Å². The molecular weight excluding hydrogens is 374 g/mol. The van der Waals surface area contributed by atoms with E-state index in [4.69, 9.17) is 26.2 Å². The highest BCUT2D eigenvalue weighted by atomic mass is 35.5. The molecule has 5 nitrogen and oxygen atoms in total. The van der Waals surface area contributed by atoms with Gasteiger partial charge in [0.25, 0.3) is 0 Å². The van der Waals surface area contributed by atoms with E-state index in [1.807, 2.05) is 42.5 Å². The number of carboxylic acid groups (broad SMARTS) is 1. The van der Waals surface area contributed by atoms with Crippen molar-refractivity contribution in [1.29, 1.82) is 0 Å². The zero-order valence-electron chi connectivity index (χ0n) is 13.9. The maximum atomic E-state index is 10.8. The summed E-state index contributed by atoms with van der Waals surface area (Å²) in [5, 5.41) is 12.0. The fourth-order valence-electron chi connectivity index (χ4n) is 2.34. The minimum absolute atomic E-state index is 0.0907. The van der Waals surface area contributed by atoms with Crippen LogP contribution in [0.15, 0.2) is 47.8 Å². The van der Waals surface area contributed by atoms with E-state index in [9.17, 15) is 4.79 Å². The third-order valence-corrected chi connectivity index (χ3v) is 4.79. The Balaban J connectivity index is 1.80. The first kappa shape index (κ1) is 18.2. The summed E-state index contributed by atoms with van der Waals surface area (Å²) in [5.74, 6) is 0.309. The summed E-state index contributed by atoms with van der Waals surface area (Å²) >= 11 is 7.29. The van der Waals surface area contributed by atoms with Crippen molar-refractivity contribution in [3.63, 3.8) is 0 Å². The number of carbonyl (C=O) groups is 1. The number of nitrogens with zero attached hydrogens (tertiary/aromatic N) is 1. The lowest BCUT2D eigenvalue weighted by molar-refractivity contribution is -0.136. The van der Waals surface area contributed by atoms with Crippen molar-refractivity contribution in [2.75, 3.05) is 7.11 Å². The summed E-state index contributed by atoms with van der Waals surface area (Å²) in [7, 11) is 1.58. The number of ether oxygens (including phenoxy) is 2. The lowest BCUT2D eigenvalue weighted by Crippen LogP contribution is -2.00. The average Bonchev–Trinajstić information content (AvgIpc) is 3.08. The van der Waals surface area contributed by atoms with Gasteiger partial charge in [-0.25, -0.2) is 4.98 Å². The van der Waals surface area contributed by atoms with Gasteiger partial charge in [-0.1, -0.05) is 23.7 Å². The van der Waals surface area contributed by atoms with Gasteiger partial charge in [0.05, 0.1) is 19.2 Å². The summed E-state index contributed by atoms with van der Waals surface area (Å²) in [6.45, 7) is 0.374. The molecule has 0 spiro atoms. The second kappa shape index (κ2) is 8.21. The van der Waals surface area contributed by atoms with Crippen LogP contribution in [0.2, 0.25) is 5.02 Å². The van der Waals surface area contributed by atoms with Crippen LogP contribution in [-0.2, 0) is 17.8 Å². The highest BCUT2D eigenvalue weighted by molar-refractivity contribution is 7.13. The predicted molar refractivity (Wildman–Crippen MR) is 101 cm³/mol. The van der Waals surface area contributed by atoms with Crippen LogP contribution in [0.25, 0.3) is 10.6 Å². The number of thiazole rings is 1. The average molecular weight is 390 g/mol. The third-order valence-electron chi connectivity index (χ3n) is 3.60. The summed E-state index contributed by atoms with van der Waals surface area (Å²) < 4.78 is 11.3. The van der Waals surface area contributed by atoms with Gasteiger partial charge in [0.1, 0.15) is 11.6 Å². The minimum Gasteiger partial charge on any atom is -0.493 e. The molecule has 0 radical (unpaired) electrons. The monoisotopic (exact) mass is 389 g/mol. The van der Waals surface area contributed by atoms with Crippen molar-refractivity contribution in [3.8, 4) is 22.1 Å². The van der Waals surface area contributed by atoms with E-state index in [2.05, 4.69) is 4.98 Å². The van der Waals surface area contributed by atoms with Crippen molar-refractivity contribution < 1.29 is 19.4 Å². The lowest BCUT2D eigenvalue weighted by Gasteiger charge is -2.12. The Morgan fingerprint density at radius 2 is 1.96 bits per heavy atom. The lowest BCUT2D eigenvalue weighted by atomic mass is 10.2. The van der Waals surface area contributed by atoms with Crippen LogP contribution in [0.4, 0.5) is 0 Å². The Hall–Kier alpha value is -2.57. The van der Waals surface area contributed by atoms with Crippen molar-refractivity contribution in [2.24, 2.45) is 0 Å². The van der Waals surface area contributed by atoms with Crippen molar-refractivity contribution >= 4 is 28.9 Å². The summed E-state index contributed by atoms with van der Waals surface area (Å²) in [6, 6.07) is 13.0. The molecule has 134 valence electrons. The van der Waals surface area contributed by atoms with Gasteiger partial charge in [0.15, 0.2) is 11.5 Å². The molecule has 3 rings (SSSR count). The molecule has 2 aromatic carbocycles. The second-order valence-corrected chi connectivity index (χ2v) is 6.79. The van der Waals surface area contributed by atoms with Crippen molar-refractivity contribution in [1.82, 2.24) is 4.98 Å². The number of methoxy groups -OCH3 is 1. The van der Waals surface area contributed by atoms with E-state index >= 15 is 0 Å². The molecule has 0 saturated heterocycles. The first-order valence-electron chi connectivity index (χ1n) is 7.77. The number of halogens is 1. The minimum atomic E-state index is -0.899. The maximum absolute atomic E-state index is 10.8. The molecule has 0 saturated carbocycles. The first-order chi connectivity index (χ1) is 12.5. The number of benzene rings is 2. The number of hydrogen-bond acceptors (Lipinski definition) is 5. The van der Waals surface area contributed by atoms with Gasteiger partial charge in [-0.15, -0.1) is 11.3 Å². The fourth-order valence-corrected chi connectivity index (χ4v) is 3.28. The first-order valence-corrected chi connectivity index (χ1v) is 9.03. The number of aliphatic carboxylic acids is 1. The highest BCUT2D eigenvalue weighted by Crippen LogP contribution is 2.34. The molecule has 0 aliphatic rings. The molecular formula is C19H16ClNO4S. The van der Waals surface area contributed by atoms with Crippen LogP contribution in [0.1, 0.15) is 11.3 Å². The Labute approximate surface area is 159 Å². The predicted octanol–water partition coefficient (Wildman–Crippen LogP) is 4.68. The summed E-state index contributed by atoms with van der Waals surface area (Å²) in [6.07, 6.45) is -0.0907. The molecule has 0 bridgehead atoms. The Kier molecular flexibility index (Phi) is 5.75. The van der Waals surface area contributed by atoms with Crippen LogP contribution in [0.5, 0.6) is 11.5 Å². The molecule has 0 atom stereocenters. The molecule has 1 N–H and O–H groups in total. The van der Waals surface area contributed by atoms with Crippen LogP contribution in [-0.4, -0.2) is 23.2 Å². The van der Waals surface area contributed by atoms with E-state index in [0.717, 1.165) is 16.1 Å². The van der Waals surface area contributed by atoms with Gasteiger partial charge in [-0.05, 0) is 35.9 Å². The fraction of sp³-hybridized carbons (Fsp3) is 0.158. The maximum Gasteiger partial charge on any atom is 0.309 e. The number of carboxylic acids is 1. The summed E-state index contributed by atoms with van der Waals surface area (Å²) in [4.78, 5) is 15.2. The highest BCUT2D eigenvalue weighted by Gasteiger charge is 2.12. The topological polar surface area (TPSA) is 68.7 Å². The standard InChI is InChI=1S/C19H16ClNO4S/c1-24-16-7-4-13(19-21-15(11-26-19)9-18(22)23)8-17(16)25-10-12-2-5-14(20)6-3-12/h2-8,11H,9-10H2,1H3,(H,22,23). The second-order valence-electron chi connectivity index (χ2n) is 5.50. The normalized spacial score (nSPS) is 10.5. The number of aromatic nitrogens is 1. The SMILES string of the molecule is COc1ccc(-c2nc(CC(=O)O)cs2)cc1OCc1ccc(Cl)cc1. The quantitative estimate of drug-likeness (QED) is 0.635. The smallest absolute Gasteiger partial charge is 0.309 e. The number of hydrogen-bond donors (Lipinski definition) is 1. The molecule has 1 heterocycles. The molecule has 7 heteroatoms. The molecule has 0 aliphatic heterocycles. The van der Waals surface area contributed by atoms with E-state index in [0.29, 0.717) is 28.8 Å². The van der Waals surface area contributed by atoms with Gasteiger partial charge >= 0.3 is 5.97 Å². The van der Waals surface area contributed by atoms with Crippen LogP contribution in [0.3, 0.4) is 0 Å². The van der Waals surface area contributed by atoms with Gasteiger partial charge < -0.3 is 14.6 Å². The molecule has 1 aromatic heterocycles. The Morgan fingerprint density at radius 3 is 2.65 bits per heavy atom. The van der Waals surface area contributed by atoms with Gasteiger partial charge in [-0.2, -0.15) is 0 Å². The largest absolute Gasteiger partial charge is 0.493 e. The zero-order valence-corrected chi connectivity index (χ0v) is 15.5. The van der Waals surface area contributed by atoms with Gasteiger partial charge in [-0.3, -0.25) is 4.79 Å². The molecule has 0 aliphatic carbocycles. The molecule has 26 heavy (non-hydrogen) atoms. The summed E-state index contributed by atoms with van der Waals surface area (Å²) in [5.41, 5.74) is 2.37. The van der Waals surface area contributed by atoms with Crippen LogP contribution < -0.4 is 9.47 Å². The van der Waals surface area contributed by atoms with Gasteiger partial charge in [0, 0.05) is 16.0 Å². The van der Waals surface area contributed by atoms with Crippen molar-refractivity contribution in [2.45, 2.75) is 13.0 Å². The number of rotatable bonds is 7. The molecule has 0 unspecified atom stereocenters. The Morgan fingerprint density at radius 1 is 1.19 bits per heavy atom. The third kappa shape index (κ3) is 4.53. The van der Waals surface area contributed by atoms with E-state index < -0.39 is 5.97 Å². The van der Waals surface area contributed by atoms with Gasteiger partial charge in [0.2, 0.25) is 0 Å². The van der Waals surface area contributed by atoms with E-state index in [1.54, 1.807) is 12.5 Å². The molecule has 0 fully saturated rings. The Bertz CT molecular complexity index is 908. The van der Waals surface area contributed by atoms with Crippen molar-refractivity contribution in [3.05, 3.63) is 64.1 Å². The molecule has 0 amide bonds. The van der Waals surface area contributed by atoms with Crippen LogP contribution >= 0.6 is 22.9 Å². The zero-order chi connectivity index (χ0) is 18.5. The van der Waals surface area contributed by atoms with E-state index in [-0.39, 0.29) is 6.42 Å². The van der Waals surface area contributed by atoms with E-state index in [1.165, 1.54) is 11.3 Å². The molecule has 3 aromatic rings.